The highest BCUT2D eigenvalue weighted by atomic mass is 14.9. The van der Waals surface area contributed by atoms with Crippen LogP contribution in [0.5, 0.6) is 0 Å². The SMILES string of the molecule is Cc1cccc(-c2cnc(-c3cccc(N)c3)nc2)c1. The first-order chi connectivity index (χ1) is 9.72. The molecule has 0 bridgehead atoms. The van der Waals surface area contributed by atoms with Gasteiger partial charge in [0.05, 0.1) is 0 Å². The van der Waals surface area contributed by atoms with Gasteiger partial charge >= 0.3 is 0 Å². The molecule has 0 aliphatic carbocycles. The average molecular weight is 261 g/mol. The molecule has 3 rings (SSSR count). The third-order valence-corrected chi connectivity index (χ3v) is 3.15. The maximum atomic E-state index is 5.78. The van der Waals surface area contributed by atoms with Gasteiger partial charge in [-0.15, -0.1) is 0 Å². The van der Waals surface area contributed by atoms with E-state index < -0.39 is 0 Å². The number of aromatic nitrogens is 2. The summed E-state index contributed by atoms with van der Waals surface area (Å²) in [5.74, 6) is 0.689. The second-order valence-electron chi connectivity index (χ2n) is 4.79. The molecule has 20 heavy (non-hydrogen) atoms. The average Bonchev–Trinajstić information content (AvgIpc) is 2.47. The van der Waals surface area contributed by atoms with Crippen molar-refractivity contribution in [1.82, 2.24) is 9.97 Å². The molecular formula is C17H15N3. The van der Waals surface area contributed by atoms with E-state index in [9.17, 15) is 0 Å². The fourth-order valence-electron chi connectivity index (χ4n) is 2.13. The number of benzene rings is 2. The van der Waals surface area contributed by atoms with Crippen LogP contribution < -0.4 is 5.73 Å². The lowest BCUT2D eigenvalue weighted by molar-refractivity contribution is 1.18. The van der Waals surface area contributed by atoms with Crippen molar-refractivity contribution in [3.63, 3.8) is 0 Å². The smallest absolute Gasteiger partial charge is 0.159 e. The molecule has 0 saturated carbocycles. The van der Waals surface area contributed by atoms with Gasteiger partial charge in [0.15, 0.2) is 5.82 Å². The molecule has 0 radical (unpaired) electrons. The van der Waals surface area contributed by atoms with Gasteiger partial charge in [-0.1, -0.05) is 42.0 Å². The van der Waals surface area contributed by atoms with Crippen molar-refractivity contribution in [3.8, 4) is 22.5 Å². The second kappa shape index (κ2) is 5.13. The molecule has 3 nitrogen and oxygen atoms in total. The molecule has 2 N–H and O–H groups in total. The van der Waals surface area contributed by atoms with Crippen LogP contribution in [0.3, 0.4) is 0 Å². The fourth-order valence-corrected chi connectivity index (χ4v) is 2.13. The van der Waals surface area contributed by atoms with E-state index in [4.69, 9.17) is 5.73 Å². The number of nitrogen functional groups attached to an aromatic ring is 1. The Kier molecular flexibility index (Phi) is 3.17. The second-order valence-corrected chi connectivity index (χ2v) is 4.79. The van der Waals surface area contributed by atoms with Gasteiger partial charge in [-0.2, -0.15) is 0 Å². The Morgan fingerprint density at radius 3 is 2.20 bits per heavy atom. The van der Waals surface area contributed by atoms with Gasteiger partial charge in [0.2, 0.25) is 0 Å². The van der Waals surface area contributed by atoms with E-state index in [1.54, 1.807) is 0 Å². The van der Waals surface area contributed by atoms with Gasteiger partial charge in [-0.25, -0.2) is 9.97 Å². The molecule has 0 aliphatic heterocycles. The van der Waals surface area contributed by atoms with Crippen LogP contribution in [0.2, 0.25) is 0 Å². The van der Waals surface area contributed by atoms with Crippen molar-refractivity contribution in [2.75, 3.05) is 5.73 Å². The largest absolute Gasteiger partial charge is 0.399 e. The standard InChI is InChI=1S/C17H15N3/c1-12-4-2-5-13(8-12)15-10-19-17(20-11-15)14-6-3-7-16(18)9-14/h2-11H,18H2,1H3. The number of anilines is 1. The Hall–Kier alpha value is -2.68. The minimum absolute atomic E-state index is 0.689. The third kappa shape index (κ3) is 2.52. The summed E-state index contributed by atoms with van der Waals surface area (Å²) in [4.78, 5) is 8.86. The minimum Gasteiger partial charge on any atom is -0.399 e. The molecule has 0 fully saturated rings. The lowest BCUT2D eigenvalue weighted by Gasteiger charge is -2.04. The summed E-state index contributed by atoms with van der Waals surface area (Å²) in [6.45, 7) is 2.07. The van der Waals surface area contributed by atoms with Crippen LogP contribution in [-0.4, -0.2) is 9.97 Å². The van der Waals surface area contributed by atoms with Gasteiger partial charge in [-0.3, -0.25) is 0 Å². The van der Waals surface area contributed by atoms with E-state index in [0.717, 1.165) is 16.7 Å². The van der Waals surface area contributed by atoms with Gasteiger partial charge in [0.25, 0.3) is 0 Å². The molecule has 0 aliphatic rings. The Morgan fingerprint density at radius 2 is 1.50 bits per heavy atom. The molecule has 98 valence electrons. The summed E-state index contributed by atoms with van der Waals surface area (Å²) in [6.07, 6.45) is 3.70. The van der Waals surface area contributed by atoms with Crippen molar-refractivity contribution in [2.45, 2.75) is 6.92 Å². The fraction of sp³-hybridized carbons (Fsp3) is 0.0588. The van der Waals surface area contributed by atoms with Gasteiger partial charge in [0.1, 0.15) is 0 Å². The Bertz CT molecular complexity index is 669. The van der Waals surface area contributed by atoms with Crippen molar-refractivity contribution in [2.24, 2.45) is 0 Å². The topological polar surface area (TPSA) is 51.8 Å². The number of nitrogens with two attached hydrogens (primary N) is 1. The maximum absolute atomic E-state index is 5.78. The maximum Gasteiger partial charge on any atom is 0.159 e. The van der Waals surface area contributed by atoms with E-state index in [1.165, 1.54) is 5.56 Å². The van der Waals surface area contributed by atoms with E-state index in [1.807, 2.05) is 42.7 Å². The highest BCUT2D eigenvalue weighted by Gasteiger charge is 2.03. The van der Waals surface area contributed by atoms with Crippen molar-refractivity contribution < 1.29 is 0 Å². The predicted molar refractivity (Wildman–Crippen MR) is 82.1 cm³/mol. The number of hydrogen-bond acceptors (Lipinski definition) is 3. The monoisotopic (exact) mass is 261 g/mol. The molecule has 0 amide bonds. The number of aryl methyl sites for hydroxylation is 1. The van der Waals surface area contributed by atoms with E-state index >= 15 is 0 Å². The molecule has 0 spiro atoms. The zero-order valence-corrected chi connectivity index (χ0v) is 11.2. The van der Waals surface area contributed by atoms with Gasteiger partial charge in [-0.05, 0) is 24.6 Å². The quantitative estimate of drug-likeness (QED) is 0.715. The zero-order chi connectivity index (χ0) is 13.9. The van der Waals surface area contributed by atoms with Gasteiger partial charge in [0, 0.05) is 29.2 Å². The first kappa shape index (κ1) is 12.4. The lowest BCUT2D eigenvalue weighted by atomic mass is 10.1. The van der Waals surface area contributed by atoms with Crippen LogP contribution in [0.25, 0.3) is 22.5 Å². The summed E-state index contributed by atoms with van der Waals surface area (Å²) in [5, 5.41) is 0. The van der Waals surface area contributed by atoms with Crippen LogP contribution in [-0.2, 0) is 0 Å². The Morgan fingerprint density at radius 1 is 0.800 bits per heavy atom. The van der Waals surface area contributed by atoms with Crippen LogP contribution in [0.4, 0.5) is 5.69 Å². The minimum atomic E-state index is 0.689. The summed E-state index contributed by atoms with van der Waals surface area (Å²) in [7, 11) is 0. The number of nitrogens with zero attached hydrogens (tertiary/aromatic N) is 2. The molecule has 0 saturated heterocycles. The molecule has 1 heterocycles. The van der Waals surface area contributed by atoms with Crippen molar-refractivity contribution >= 4 is 5.69 Å². The molecule has 2 aromatic carbocycles. The summed E-state index contributed by atoms with van der Waals surface area (Å²) < 4.78 is 0. The molecule has 3 aromatic rings. The molecular weight excluding hydrogens is 246 g/mol. The van der Waals surface area contributed by atoms with Crippen LogP contribution in [0.1, 0.15) is 5.56 Å². The van der Waals surface area contributed by atoms with Gasteiger partial charge < -0.3 is 5.73 Å². The lowest BCUT2D eigenvalue weighted by Crippen LogP contribution is -1.91. The van der Waals surface area contributed by atoms with E-state index in [0.29, 0.717) is 11.5 Å². The Balaban J connectivity index is 1.96. The molecule has 1 aromatic heterocycles. The number of hydrogen-bond donors (Lipinski definition) is 1. The Labute approximate surface area is 118 Å². The molecule has 0 atom stereocenters. The molecule has 0 unspecified atom stereocenters. The third-order valence-electron chi connectivity index (χ3n) is 3.15. The predicted octanol–water partition coefficient (Wildman–Crippen LogP) is 3.70. The van der Waals surface area contributed by atoms with Crippen LogP contribution >= 0.6 is 0 Å². The highest BCUT2D eigenvalue weighted by Crippen LogP contribution is 2.22. The first-order valence-electron chi connectivity index (χ1n) is 6.47. The first-order valence-corrected chi connectivity index (χ1v) is 6.47. The summed E-state index contributed by atoms with van der Waals surface area (Å²) in [5.41, 5.74) is 10.8. The van der Waals surface area contributed by atoms with Crippen molar-refractivity contribution in [1.29, 1.82) is 0 Å². The van der Waals surface area contributed by atoms with E-state index in [-0.39, 0.29) is 0 Å². The normalized spacial score (nSPS) is 10.4. The molecule has 3 heteroatoms. The van der Waals surface area contributed by atoms with Crippen molar-refractivity contribution in [3.05, 3.63) is 66.5 Å². The zero-order valence-electron chi connectivity index (χ0n) is 11.2. The summed E-state index contributed by atoms with van der Waals surface area (Å²) >= 11 is 0. The van der Waals surface area contributed by atoms with E-state index in [2.05, 4.69) is 35.1 Å². The number of rotatable bonds is 2. The summed E-state index contributed by atoms with van der Waals surface area (Å²) in [6, 6.07) is 15.9. The van der Waals surface area contributed by atoms with Crippen LogP contribution in [0, 0.1) is 6.92 Å². The van der Waals surface area contributed by atoms with Crippen LogP contribution in [0.15, 0.2) is 60.9 Å². The highest BCUT2D eigenvalue weighted by molar-refractivity contribution is 5.65.